The third-order valence-corrected chi connectivity index (χ3v) is 7.69. The van der Waals surface area contributed by atoms with E-state index in [9.17, 15) is 14.4 Å². The van der Waals surface area contributed by atoms with Crippen LogP contribution in [-0.2, 0) is 33.4 Å². The van der Waals surface area contributed by atoms with Crippen molar-refractivity contribution in [1.82, 2.24) is 19.4 Å². The lowest BCUT2D eigenvalue weighted by atomic mass is 9.73. The van der Waals surface area contributed by atoms with Crippen molar-refractivity contribution in [1.29, 1.82) is 0 Å². The maximum atomic E-state index is 14.1. The summed E-state index contributed by atoms with van der Waals surface area (Å²) in [6, 6.07) is 17.0. The smallest absolute Gasteiger partial charge is 0.241 e. The first-order valence-electron chi connectivity index (χ1n) is 12.6. The second-order valence-electron chi connectivity index (χ2n) is 10.0. The number of piperidine rings is 1. The molecule has 1 aromatic heterocycles. The Hall–Kier alpha value is -3.74. The van der Waals surface area contributed by atoms with Gasteiger partial charge in [-0.1, -0.05) is 54.6 Å². The highest BCUT2D eigenvalue weighted by molar-refractivity contribution is 6.10. The molecule has 7 nitrogen and oxygen atoms in total. The van der Waals surface area contributed by atoms with E-state index in [1.165, 1.54) is 4.90 Å². The summed E-state index contributed by atoms with van der Waals surface area (Å²) in [7, 11) is 1.94. The molecule has 7 heteroatoms. The molecular weight excluding hydrogens is 452 g/mol. The van der Waals surface area contributed by atoms with Gasteiger partial charge < -0.3 is 9.47 Å². The van der Waals surface area contributed by atoms with Crippen molar-refractivity contribution >= 4 is 17.7 Å². The van der Waals surface area contributed by atoms with E-state index in [0.717, 1.165) is 41.8 Å². The summed E-state index contributed by atoms with van der Waals surface area (Å²) < 4.78 is 1.96. The Morgan fingerprint density at radius 3 is 2.53 bits per heavy atom. The predicted octanol–water partition coefficient (Wildman–Crippen LogP) is 4.07. The van der Waals surface area contributed by atoms with Crippen LogP contribution in [0.5, 0.6) is 0 Å². The number of carbonyl (C=O) groups excluding carboxylic acids is 3. The molecule has 2 fully saturated rings. The molecule has 2 aliphatic heterocycles. The minimum atomic E-state index is -1.21. The minimum Gasteiger partial charge on any atom is -0.336 e. The number of amides is 3. The van der Waals surface area contributed by atoms with Crippen molar-refractivity contribution in [2.24, 2.45) is 7.05 Å². The fourth-order valence-corrected chi connectivity index (χ4v) is 5.84. The van der Waals surface area contributed by atoms with Crippen LogP contribution in [0.25, 0.3) is 0 Å². The normalized spacial score (nSPS) is 22.3. The molecule has 2 aromatic carbocycles. The molecule has 3 heterocycles. The fraction of sp³-hybridized carbons (Fsp3) is 0.379. The van der Waals surface area contributed by atoms with Crippen molar-refractivity contribution in [2.45, 2.75) is 57.0 Å². The van der Waals surface area contributed by atoms with E-state index in [4.69, 9.17) is 0 Å². The lowest BCUT2D eigenvalue weighted by molar-refractivity contribution is -0.144. The summed E-state index contributed by atoms with van der Waals surface area (Å²) in [5.74, 6) is 0.227. The number of aromatic nitrogens is 2. The first-order valence-corrected chi connectivity index (χ1v) is 12.6. The number of benzene rings is 2. The first kappa shape index (κ1) is 24.0. The van der Waals surface area contributed by atoms with Crippen LogP contribution < -0.4 is 0 Å². The van der Waals surface area contributed by atoms with E-state index in [2.05, 4.69) is 4.98 Å². The molecule has 0 bridgehead atoms. The number of imidazole rings is 1. The molecule has 186 valence electrons. The van der Waals surface area contributed by atoms with Crippen LogP contribution in [-0.4, -0.2) is 43.6 Å². The zero-order valence-electron chi connectivity index (χ0n) is 20.9. The molecule has 0 saturated carbocycles. The number of hydrogen-bond acceptors (Lipinski definition) is 4. The Kier molecular flexibility index (Phi) is 6.48. The van der Waals surface area contributed by atoms with Gasteiger partial charge in [0.05, 0.1) is 18.0 Å². The van der Waals surface area contributed by atoms with Crippen molar-refractivity contribution in [3.05, 3.63) is 89.5 Å². The van der Waals surface area contributed by atoms with Crippen molar-refractivity contribution in [3.63, 3.8) is 0 Å². The number of nitrogens with zero attached hydrogens (tertiary/aromatic N) is 4. The summed E-state index contributed by atoms with van der Waals surface area (Å²) in [5, 5.41) is 0. The Morgan fingerprint density at radius 1 is 1.06 bits per heavy atom. The van der Waals surface area contributed by atoms with Gasteiger partial charge in [0, 0.05) is 38.8 Å². The highest BCUT2D eigenvalue weighted by Crippen LogP contribution is 2.43. The van der Waals surface area contributed by atoms with Gasteiger partial charge in [-0.2, -0.15) is 0 Å². The van der Waals surface area contributed by atoms with Gasteiger partial charge in [-0.3, -0.25) is 19.3 Å². The molecule has 0 aliphatic carbocycles. The number of likely N-dealkylation sites (tertiary alicyclic amines) is 2. The average Bonchev–Trinajstić information content (AvgIpc) is 3.41. The molecule has 2 atom stereocenters. The van der Waals surface area contributed by atoms with Crippen LogP contribution in [0, 0.1) is 6.92 Å². The molecule has 0 N–H and O–H groups in total. The van der Waals surface area contributed by atoms with Crippen LogP contribution in [0.2, 0.25) is 0 Å². The summed E-state index contributed by atoms with van der Waals surface area (Å²) in [4.78, 5) is 49.1. The van der Waals surface area contributed by atoms with E-state index in [1.807, 2.05) is 84.2 Å². The largest absolute Gasteiger partial charge is 0.336 e. The Labute approximate surface area is 211 Å². The molecule has 5 rings (SSSR count). The average molecular weight is 485 g/mol. The molecule has 2 saturated heterocycles. The van der Waals surface area contributed by atoms with Crippen molar-refractivity contribution in [2.75, 3.05) is 6.54 Å². The number of carbonyl (C=O) groups is 3. The molecular formula is C29H32N4O3. The lowest BCUT2D eigenvalue weighted by Gasteiger charge is -2.38. The number of aryl methyl sites for hydroxylation is 2. The Bertz CT molecular complexity index is 1280. The van der Waals surface area contributed by atoms with Gasteiger partial charge in [0.25, 0.3) is 0 Å². The molecule has 0 spiro atoms. The minimum absolute atomic E-state index is 0.00380. The quantitative estimate of drug-likeness (QED) is 0.495. The zero-order chi connectivity index (χ0) is 25.3. The van der Waals surface area contributed by atoms with Gasteiger partial charge in [-0.25, -0.2) is 4.98 Å². The van der Waals surface area contributed by atoms with Crippen molar-refractivity contribution in [3.8, 4) is 0 Å². The summed E-state index contributed by atoms with van der Waals surface area (Å²) in [5.41, 5.74) is 1.35. The number of hydrogen-bond donors (Lipinski definition) is 0. The third kappa shape index (κ3) is 4.23. The maximum Gasteiger partial charge on any atom is 0.241 e. The first-order chi connectivity index (χ1) is 17.4. The van der Waals surface area contributed by atoms with Crippen LogP contribution in [0.4, 0.5) is 0 Å². The second-order valence-corrected chi connectivity index (χ2v) is 10.0. The van der Waals surface area contributed by atoms with Crippen LogP contribution >= 0.6 is 0 Å². The SMILES string of the molecule is Cc1ccccc1[C@@]1(CC(=O)N2CCCC[C@H]2c2nccn2C)CC(=O)N(Cc2ccccc2)C1=O. The maximum absolute atomic E-state index is 14.1. The predicted molar refractivity (Wildman–Crippen MR) is 136 cm³/mol. The molecule has 36 heavy (non-hydrogen) atoms. The van der Waals surface area contributed by atoms with E-state index in [1.54, 1.807) is 6.20 Å². The monoisotopic (exact) mass is 484 g/mol. The summed E-state index contributed by atoms with van der Waals surface area (Å²) >= 11 is 0. The van der Waals surface area contributed by atoms with Gasteiger partial charge in [-0.15, -0.1) is 0 Å². The van der Waals surface area contributed by atoms with Gasteiger partial charge in [-0.05, 0) is 42.9 Å². The zero-order valence-corrected chi connectivity index (χ0v) is 20.9. The van der Waals surface area contributed by atoms with E-state index in [0.29, 0.717) is 6.54 Å². The molecule has 0 unspecified atom stereocenters. The van der Waals surface area contributed by atoms with E-state index < -0.39 is 5.41 Å². The van der Waals surface area contributed by atoms with Crippen LogP contribution in [0.15, 0.2) is 67.0 Å². The van der Waals surface area contributed by atoms with Crippen LogP contribution in [0.3, 0.4) is 0 Å². The summed E-state index contributed by atoms with van der Waals surface area (Å²) in [6.45, 7) is 2.77. The standard InChI is InChI=1S/C29H32N4O3/c1-21-10-6-7-13-23(21)29(19-26(35)33(28(29)36)20-22-11-4-3-5-12-22)18-25(34)32-16-9-8-14-24(32)27-30-15-17-31(27)2/h3-7,10-13,15,17,24H,8-9,14,16,18-20H2,1-2H3/t24-,29+/m0/s1. The van der Waals surface area contributed by atoms with E-state index >= 15 is 0 Å². The van der Waals surface area contributed by atoms with Crippen LogP contribution in [0.1, 0.15) is 60.7 Å². The highest BCUT2D eigenvalue weighted by atomic mass is 16.2. The Morgan fingerprint density at radius 2 is 1.81 bits per heavy atom. The van der Waals surface area contributed by atoms with Gasteiger partial charge >= 0.3 is 0 Å². The molecule has 2 aliphatic rings. The van der Waals surface area contributed by atoms with Gasteiger partial charge in [0.1, 0.15) is 5.82 Å². The number of rotatable bonds is 6. The topological polar surface area (TPSA) is 75.5 Å². The molecule has 3 amide bonds. The molecule has 3 aromatic rings. The second kappa shape index (κ2) is 9.72. The van der Waals surface area contributed by atoms with Crippen molar-refractivity contribution < 1.29 is 14.4 Å². The fourth-order valence-electron chi connectivity index (χ4n) is 5.84. The lowest BCUT2D eigenvalue weighted by Crippen LogP contribution is -2.46. The van der Waals surface area contributed by atoms with E-state index in [-0.39, 0.29) is 43.1 Å². The van der Waals surface area contributed by atoms with Gasteiger partial charge in [0.2, 0.25) is 17.7 Å². The highest BCUT2D eigenvalue weighted by Gasteiger charge is 2.55. The number of imide groups is 1. The molecule has 0 radical (unpaired) electrons. The summed E-state index contributed by atoms with van der Waals surface area (Å²) in [6.07, 6.45) is 6.37. The van der Waals surface area contributed by atoms with Gasteiger partial charge in [0.15, 0.2) is 0 Å². The third-order valence-electron chi connectivity index (χ3n) is 7.69. The Balaban J connectivity index is 1.50.